The van der Waals surface area contributed by atoms with Gasteiger partial charge in [0.25, 0.3) is 5.91 Å². The van der Waals surface area contributed by atoms with Crippen molar-refractivity contribution in [3.63, 3.8) is 0 Å². The number of sulfonamides is 2. The lowest BCUT2D eigenvalue weighted by molar-refractivity contribution is 0.102. The number of hydrogen-bond acceptors (Lipinski definition) is 7. The number of fused-ring (bicyclic) bond motifs is 1. The van der Waals surface area contributed by atoms with Gasteiger partial charge in [0.1, 0.15) is 0 Å². The summed E-state index contributed by atoms with van der Waals surface area (Å²) in [6, 6.07) is 10.4. The fourth-order valence-corrected chi connectivity index (χ4v) is 6.80. The van der Waals surface area contributed by atoms with Crippen LogP contribution in [0.3, 0.4) is 0 Å². The fourth-order valence-electron chi connectivity index (χ4n) is 3.28. The molecule has 1 N–H and O–H groups in total. The van der Waals surface area contributed by atoms with Crippen molar-refractivity contribution in [2.75, 3.05) is 32.5 Å². The average molecular weight is 525 g/mol. The van der Waals surface area contributed by atoms with Crippen LogP contribution in [0.5, 0.6) is 0 Å². The van der Waals surface area contributed by atoms with E-state index in [4.69, 9.17) is 0 Å². The third-order valence-electron chi connectivity index (χ3n) is 5.06. The Morgan fingerprint density at radius 1 is 0.912 bits per heavy atom. The molecule has 0 aliphatic heterocycles. The zero-order valence-corrected chi connectivity index (χ0v) is 21.9. The van der Waals surface area contributed by atoms with Gasteiger partial charge in [-0.2, -0.15) is 4.31 Å². The van der Waals surface area contributed by atoms with E-state index in [0.29, 0.717) is 41.3 Å². The van der Waals surface area contributed by atoms with Gasteiger partial charge >= 0.3 is 0 Å². The number of nitrogens with zero attached hydrogens (tertiary/aromatic N) is 3. The Labute approximate surface area is 204 Å². The van der Waals surface area contributed by atoms with Crippen molar-refractivity contribution in [2.45, 2.75) is 36.5 Å². The van der Waals surface area contributed by atoms with Crippen molar-refractivity contribution in [3.8, 4) is 0 Å². The summed E-state index contributed by atoms with van der Waals surface area (Å²) in [4.78, 5) is 17.3. The Bertz CT molecular complexity index is 1380. The van der Waals surface area contributed by atoms with Crippen LogP contribution in [0, 0.1) is 0 Å². The predicted octanol–water partition coefficient (Wildman–Crippen LogP) is 3.61. The third-order valence-corrected chi connectivity index (χ3v) is 9.72. The lowest BCUT2D eigenvalue weighted by Crippen LogP contribution is -2.32. The smallest absolute Gasteiger partial charge is 0.257 e. The van der Waals surface area contributed by atoms with Crippen molar-refractivity contribution in [3.05, 3.63) is 48.0 Å². The summed E-state index contributed by atoms with van der Waals surface area (Å²) in [7, 11) is -4.29. The monoisotopic (exact) mass is 524 g/mol. The second kappa shape index (κ2) is 10.5. The summed E-state index contributed by atoms with van der Waals surface area (Å²) in [6.45, 7) is 4.73. The SMILES string of the molecule is CCCN(CCC)S(=O)(=O)c1ccc(C(=O)Nc2nc3ccc(S(=O)(=O)N(C)C)cc3s2)cc1. The zero-order valence-electron chi connectivity index (χ0n) is 19.5. The number of carbonyl (C=O) groups is 1. The molecular formula is C22H28N4O5S3. The number of aromatic nitrogens is 1. The number of benzene rings is 2. The van der Waals surface area contributed by atoms with Crippen LogP contribution in [0.4, 0.5) is 5.13 Å². The molecule has 12 heteroatoms. The van der Waals surface area contributed by atoms with Crippen molar-refractivity contribution < 1.29 is 21.6 Å². The average Bonchev–Trinajstić information content (AvgIpc) is 3.20. The van der Waals surface area contributed by atoms with E-state index in [-0.39, 0.29) is 15.4 Å². The summed E-state index contributed by atoms with van der Waals surface area (Å²) in [5, 5.41) is 3.01. The van der Waals surface area contributed by atoms with Crippen LogP contribution in [0.2, 0.25) is 0 Å². The Kier molecular flexibility index (Phi) is 8.09. The molecule has 0 aliphatic rings. The first-order valence-electron chi connectivity index (χ1n) is 10.8. The van der Waals surface area contributed by atoms with Gasteiger partial charge in [0.15, 0.2) is 5.13 Å². The maximum absolute atomic E-state index is 12.9. The Hall–Kier alpha value is -2.38. The Morgan fingerprint density at radius 2 is 1.50 bits per heavy atom. The van der Waals surface area contributed by atoms with Crippen LogP contribution >= 0.6 is 11.3 Å². The second-order valence-corrected chi connectivity index (χ2v) is 12.9. The van der Waals surface area contributed by atoms with Crippen LogP contribution in [0.15, 0.2) is 52.3 Å². The van der Waals surface area contributed by atoms with E-state index in [1.54, 1.807) is 6.07 Å². The highest BCUT2D eigenvalue weighted by atomic mass is 32.2. The standard InChI is InChI=1S/C22H28N4O5S3/c1-5-13-26(14-6-2)34(30,31)17-9-7-16(8-10-17)21(27)24-22-23-19-12-11-18(15-20(19)32-22)33(28,29)25(3)4/h7-12,15H,5-6,13-14H2,1-4H3,(H,23,24,27). The predicted molar refractivity (Wildman–Crippen MR) is 134 cm³/mol. The lowest BCUT2D eigenvalue weighted by Gasteiger charge is -2.21. The molecule has 0 aliphatic carbocycles. The minimum absolute atomic E-state index is 0.139. The summed E-state index contributed by atoms with van der Waals surface area (Å²) in [5.74, 6) is -0.442. The molecule has 2 aromatic carbocycles. The first-order valence-corrected chi connectivity index (χ1v) is 14.4. The van der Waals surface area contributed by atoms with E-state index in [1.807, 2.05) is 13.8 Å². The maximum Gasteiger partial charge on any atom is 0.257 e. The molecule has 9 nitrogen and oxygen atoms in total. The minimum atomic E-state index is -3.63. The summed E-state index contributed by atoms with van der Waals surface area (Å²) < 4.78 is 53.7. The maximum atomic E-state index is 12.9. The lowest BCUT2D eigenvalue weighted by atomic mass is 10.2. The van der Waals surface area contributed by atoms with Gasteiger partial charge in [0.2, 0.25) is 20.0 Å². The largest absolute Gasteiger partial charge is 0.298 e. The number of hydrogen-bond donors (Lipinski definition) is 1. The van der Waals surface area contributed by atoms with Gasteiger partial charge < -0.3 is 0 Å². The molecule has 0 bridgehead atoms. The first kappa shape index (κ1) is 26.2. The number of anilines is 1. The Balaban J connectivity index is 1.79. The Morgan fingerprint density at radius 3 is 2.06 bits per heavy atom. The molecule has 0 spiro atoms. The molecule has 1 heterocycles. The summed E-state index contributed by atoms with van der Waals surface area (Å²) in [6.07, 6.45) is 1.43. The van der Waals surface area contributed by atoms with Gasteiger partial charge in [0.05, 0.1) is 20.0 Å². The molecule has 0 fully saturated rings. The quantitative estimate of drug-likeness (QED) is 0.433. The zero-order chi connectivity index (χ0) is 25.1. The van der Waals surface area contributed by atoms with Crippen molar-refractivity contribution in [1.29, 1.82) is 0 Å². The summed E-state index contributed by atoms with van der Waals surface area (Å²) >= 11 is 1.16. The van der Waals surface area contributed by atoms with Crippen molar-refractivity contribution >= 4 is 52.6 Å². The molecule has 1 aromatic heterocycles. The molecule has 184 valence electrons. The minimum Gasteiger partial charge on any atom is -0.298 e. The van der Waals surface area contributed by atoms with Crippen molar-refractivity contribution in [1.82, 2.24) is 13.6 Å². The summed E-state index contributed by atoms with van der Waals surface area (Å²) in [5.41, 5.74) is 0.845. The highest BCUT2D eigenvalue weighted by Gasteiger charge is 2.23. The van der Waals surface area contributed by atoms with E-state index >= 15 is 0 Å². The highest BCUT2D eigenvalue weighted by Crippen LogP contribution is 2.29. The van der Waals surface area contributed by atoms with E-state index in [9.17, 15) is 21.6 Å². The molecule has 0 atom stereocenters. The van der Waals surface area contributed by atoms with Gasteiger partial charge in [-0.25, -0.2) is 26.1 Å². The van der Waals surface area contributed by atoms with Crippen LogP contribution in [-0.2, 0) is 20.0 Å². The molecule has 3 rings (SSSR count). The van der Waals surface area contributed by atoms with E-state index in [0.717, 1.165) is 15.6 Å². The number of thiazole rings is 1. The molecule has 3 aromatic rings. The molecule has 0 saturated carbocycles. The number of rotatable bonds is 10. The molecular weight excluding hydrogens is 496 g/mol. The first-order chi connectivity index (χ1) is 16.0. The third kappa shape index (κ3) is 5.47. The van der Waals surface area contributed by atoms with Gasteiger partial charge in [-0.3, -0.25) is 10.1 Å². The number of amides is 1. The van der Waals surface area contributed by atoms with Crippen LogP contribution in [-0.4, -0.2) is 63.5 Å². The topological polar surface area (TPSA) is 117 Å². The number of nitrogens with one attached hydrogen (secondary N) is 1. The second-order valence-electron chi connectivity index (χ2n) is 7.82. The van der Waals surface area contributed by atoms with Gasteiger partial charge in [0, 0.05) is 32.7 Å². The fraction of sp³-hybridized carbons (Fsp3) is 0.364. The normalized spacial score (nSPS) is 12.5. The molecule has 0 saturated heterocycles. The molecule has 34 heavy (non-hydrogen) atoms. The van der Waals surface area contributed by atoms with E-state index in [2.05, 4.69) is 10.3 Å². The van der Waals surface area contributed by atoms with E-state index in [1.165, 1.54) is 54.8 Å². The molecule has 1 amide bonds. The molecule has 0 unspecified atom stereocenters. The van der Waals surface area contributed by atoms with Crippen LogP contribution in [0.25, 0.3) is 10.2 Å². The van der Waals surface area contributed by atoms with E-state index < -0.39 is 26.0 Å². The molecule has 0 radical (unpaired) electrons. The van der Waals surface area contributed by atoms with Crippen LogP contribution in [0.1, 0.15) is 37.0 Å². The van der Waals surface area contributed by atoms with Gasteiger partial charge in [-0.1, -0.05) is 25.2 Å². The van der Waals surface area contributed by atoms with Gasteiger partial charge in [-0.05, 0) is 55.3 Å². The van der Waals surface area contributed by atoms with Gasteiger partial charge in [-0.15, -0.1) is 0 Å². The number of carbonyl (C=O) groups excluding carboxylic acids is 1. The highest BCUT2D eigenvalue weighted by molar-refractivity contribution is 7.89. The van der Waals surface area contributed by atoms with Crippen molar-refractivity contribution in [2.24, 2.45) is 0 Å². The van der Waals surface area contributed by atoms with Crippen LogP contribution < -0.4 is 5.32 Å².